The van der Waals surface area contributed by atoms with Gasteiger partial charge in [-0.15, -0.1) is 0 Å². The Hall–Kier alpha value is 0.0500. The topological polar surface area (TPSA) is 26.0 Å². The summed E-state index contributed by atoms with van der Waals surface area (Å²) in [5, 5.41) is 1.62. The van der Waals surface area contributed by atoms with Crippen molar-refractivity contribution in [3.05, 3.63) is 32.8 Å². The quantitative estimate of drug-likeness (QED) is 0.802. The lowest BCUT2D eigenvalue weighted by Crippen LogP contribution is -2.12. The predicted octanol–water partition coefficient (Wildman–Crippen LogP) is 4.45. The number of hydrogen-bond acceptors (Lipinski definition) is 1. The fourth-order valence-electron chi connectivity index (χ4n) is 1.71. The van der Waals surface area contributed by atoms with Gasteiger partial charge in [-0.05, 0) is 24.5 Å². The lowest BCUT2D eigenvalue weighted by Gasteiger charge is -2.15. The summed E-state index contributed by atoms with van der Waals surface area (Å²) < 4.78 is 0. The minimum atomic E-state index is -0.101. The number of hydrogen-bond donors (Lipinski definition) is 1. The molecule has 1 atom stereocenters. The standard InChI is InChI=1S/C11H12Cl3N/c12-7-3-4-8(13)11(14)10(7)9(15)5-6-1-2-6/h3-4,6,9H,1-2,5,15H2/t9-/m1/s1. The van der Waals surface area contributed by atoms with Crippen molar-refractivity contribution < 1.29 is 0 Å². The molecule has 1 fully saturated rings. The van der Waals surface area contributed by atoms with Crippen molar-refractivity contribution in [1.29, 1.82) is 0 Å². The van der Waals surface area contributed by atoms with Crippen LogP contribution in [0, 0.1) is 5.92 Å². The van der Waals surface area contributed by atoms with E-state index in [2.05, 4.69) is 0 Å². The molecule has 1 aliphatic rings. The molecule has 2 rings (SSSR count). The fourth-order valence-corrected chi connectivity index (χ4v) is 2.53. The van der Waals surface area contributed by atoms with E-state index in [0.29, 0.717) is 15.1 Å². The summed E-state index contributed by atoms with van der Waals surface area (Å²) in [6.07, 6.45) is 3.48. The van der Waals surface area contributed by atoms with Gasteiger partial charge in [0.05, 0.1) is 10.0 Å². The Bertz CT molecular complexity index is 374. The van der Waals surface area contributed by atoms with E-state index in [9.17, 15) is 0 Å². The Morgan fingerprint density at radius 2 is 1.80 bits per heavy atom. The molecule has 0 aromatic heterocycles. The Labute approximate surface area is 104 Å². The third-order valence-corrected chi connectivity index (χ3v) is 3.88. The van der Waals surface area contributed by atoms with Gasteiger partial charge in [0.15, 0.2) is 0 Å². The average molecular weight is 265 g/mol. The minimum Gasteiger partial charge on any atom is -0.324 e. The molecule has 1 nitrogen and oxygen atoms in total. The number of rotatable bonds is 3. The van der Waals surface area contributed by atoms with Gasteiger partial charge in [-0.3, -0.25) is 0 Å². The van der Waals surface area contributed by atoms with Crippen molar-refractivity contribution in [2.45, 2.75) is 25.3 Å². The van der Waals surface area contributed by atoms with Gasteiger partial charge in [-0.25, -0.2) is 0 Å². The van der Waals surface area contributed by atoms with Gasteiger partial charge >= 0.3 is 0 Å². The summed E-state index contributed by atoms with van der Waals surface area (Å²) in [6, 6.07) is 3.34. The maximum Gasteiger partial charge on any atom is 0.0654 e. The highest BCUT2D eigenvalue weighted by Crippen LogP contribution is 2.41. The Morgan fingerprint density at radius 1 is 1.20 bits per heavy atom. The van der Waals surface area contributed by atoms with Crippen molar-refractivity contribution in [3.63, 3.8) is 0 Å². The van der Waals surface area contributed by atoms with Crippen LogP contribution in [0.15, 0.2) is 12.1 Å². The van der Waals surface area contributed by atoms with Crippen molar-refractivity contribution in [2.75, 3.05) is 0 Å². The lowest BCUT2D eigenvalue weighted by molar-refractivity contribution is 0.597. The predicted molar refractivity (Wildman–Crippen MR) is 65.7 cm³/mol. The molecular weight excluding hydrogens is 252 g/mol. The van der Waals surface area contributed by atoms with Gasteiger partial charge in [0.25, 0.3) is 0 Å². The maximum atomic E-state index is 6.10. The molecule has 0 spiro atoms. The molecule has 82 valence electrons. The van der Waals surface area contributed by atoms with Crippen LogP contribution < -0.4 is 5.73 Å². The van der Waals surface area contributed by atoms with E-state index in [0.717, 1.165) is 17.9 Å². The highest BCUT2D eigenvalue weighted by Gasteiger charge is 2.26. The molecule has 0 bridgehead atoms. The molecule has 1 aromatic rings. The summed E-state index contributed by atoms with van der Waals surface area (Å²) >= 11 is 18.1. The van der Waals surface area contributed by atoms with E-state index in [1.165, 1.54) is 12.8 Å². The second-order valence-corrected chi connectivity index (χ2v) is 5.23. The van der Waals surface area contributed by atoms with Crippen molar-refractivity contribution in [2.24, 2.45) is 11.7 Å². The summed E-state index contributed by atoms with van der Waals surface area (Å²) in [6.45, 7) is 0. The molecule has 0 aliphatic heterocycles. The summed E-state index contributed by atoms with van der Waals surface area (Å²) in [7, 11) is 0. The second-order valence-electron chi connectivity index (χ2n) is 4.04. The molecule has 1 aliphatic carbocycles. The van der Waals surface area contributed by atoms with E-state index >= 15 is 0 Å². The fraction of sp³-hybridized carbons (Fsp3) is 0.455. The molecule has 0 unspecified atom stereocenters. The second kappa shape index (κ2) is 4.50. The molecule has 0 heterocycles. The van der Waals surface area contributed by atoms with E-state index in [4.69, 9.17) is 40.5 Å². The van der Waals surface area contributed by atoms with Crippen molar-refractivity contribution in [3.8, 4) is 0 Å². The van der Waals surface area contributed by atoms with Crippen molar-refractivity contribution in [1.82, 2.24) is 0 Å². The zero-order valence-electron chi connectivity index (χ0n) is 8.14. The van der Waals surface area contributed by atoms with Gasteiger partial charge in [-0.2, -0.15) is 0 Å². The monoisotopic (exact) mass is 263 g/mol. The normalized spacial score (nSPS) is 17.9. The van der Waals surface area contributed by atoms with E-state index < -0.39 is 0 Å². The van der Waals surface area contributed by atoms with Crippen molar-refractivity contribution >= 4 is 34.8 Å². The zero-order valence-corrected chi connectivity index (χ0v) is 10.4. The van der Waals surface area contributed by atoms with Gasteiger partial charge in [0.2, 0.25) is 0 Å². The molecule has 1 aromatic carbocycles. The molecule has 1 saturated carbocycles. The summed E-state index contributed by atoms with van der Waals surface area (Å²) in [4.78, 5) is 0. The van der Waals surface area contributed by atoms with Crippen LogP contribution in [0.4, 0.5) is 0 Å². The first kappa shape index (κ1) is 11.5. The summed E-state index contributed by atoms with van der Waals surface area (Å²) in [5.74, 6) is 0.742. The molecule has 15 heavy (non-hydrogen) atoms. The molecule has 2 N–H and O–H groups in total. The number of nitrogens with two attached hydrogens (primary N) is 1. The van der Waals surface area contributed by atoms with Gasteiger partial charge in [0.1, 0.15) is 0 Å². The molecule has 0 saturated heterocycles. The van der Waals surface area contributed by atoms with Crippen LogP contribution in [-0.4, -0.2) is 0 Å². The van der Waals surface area contributed by atoms with Gasteiger partial charge < -0.3 is 5.73 Å². The zero-order chi connectivity index (χ0) is 11.0. The van der Waals surface area contributed by atoms with Gasteiger partial charge in [-0.1, -0.05) is 47.6 Å². The van der Waals surface area contributed by atoms with E-state index in [1.54, 1.807) is 12.1 Å². The molecule has 0 radical (unpaired) electrons. The first-order chi connectivity index (χ1) is 7.09. The molecule has 4 heteroatoms. The number of halogens is 3. The van der Waals surface area contributed by atoms with Crippen LogP contribution in [0.1, 0.15) is 30.9 Å². The third kappa shape index (κ3) is 2.59. The summed E-state index contributed by atoms with van der Waals surface area (Å²) in [5.41, 5.74) is 6.87. The van der Waals surface area contributed by atoms with Crippen LogP contribution in [-0.2, 0) is 0 Å². The molecular formula is C11H12Cl3N. The minimum absolute atomic E-state index is 0.101. The average Bonchev–Trinajstić information content (AvgIpc) is 2.96. The smallest absolute Gasteiger partial charge is 0.0654 e. The Balaban J connectivity index is 2.27. The van der Waals surface area contributed by atoms with E-state index in [1.807, 2.05) is 0 Å². The van der Waals surface area contributed by atoms with Crippen LogP contribution in [0.3, 0.4) is 0 Å². The maximum absolute atomic E-state index is 6.10. The Kier molecular flexibility index (Phi) is 3.46. The first-order valence-electron chi connectivity index (χ1n) is 4.98. The SMILES string of the molecule is N[C@H](CC1CC1)c1c(Cl)ccc(Cl)c1Cl. The lowest BCUT2D eigenvalue weighted by atomic mass is 10.0. The van der Waals surface area contributed by atoms with Gasteiger partial charge in [0, 0.05) is 16.6 Å². The Morgan fingerprint density at radius 3 is 2.40 bits per heavy atom. The number of benzene rings is 1. The van der Waals surface area contributed by atoms with E-state index in [-0.39, 0.29) is 6.04 Å². The highest BCUT2D eigenvalue weighted by molar-refractivity contribution is 6.44. The molecule has 0 amide bonds. The van der Waals surface area contributed by atoms with Crippen LogP contribution in [0.25, 0.3) is 0 Å². The van der Waals surface area contributed by atoms with Crippen LogP contribution in [0.2, 0.25) is 15.1 Å². The van der Waals surface area contributed by atoms with Crippen LogP contribution in [0.5, 0.6) is 0 Å². The highest BCUT2D eigenvalue weighted by atomic mass is 35.5. The third-order valence-electron chi connectivity index (χ3n) is 2.73. The largest absolute Gasteiger partial charge is 0.324 e. The van der Waals surface area contributed by atoms with Crippen LogP contribution >= 0.6 is 34.8 Å². The first-order valence-corrected chi connectivity index (χ1v) is 6.12.